The van der Waals surface area contributed by atoms with Gasteiger partial charge in [0.05, 0.1) is 0 Å². The first-order chi connectivity index (χ1) is 7.72. The predicted molar refractivity (Wildman–Crippen MR) is 73.2 cm³/mol. The quantitative estimate of drug-likeness (QED) is 0.609. The average Bonchev–Trinajstić information content (AvgIpc) is 2.64. The lowest BCUT2D eigenvalue weighted by Crippen LogP contribution is -2.37. The van der Waals surface area contributed by atoms with Gasteiger partial charge < -0.3 is 0 Å². The Morgan fingerprint density at radius 2 is 2.12 bits per heavy atom. The van der Waals surface area contributed by atoms with Gasteiger partial charge in [-0.05, 0) is 31.2 Å². The molecule has 1 fully saturated rings. The fourth-order valence-corrected chi connectivity index (χ4v) is 3.31. The van der Waals surface area contributed by atoms with Crippen molar-refractivity contribution in [2.45, 2.75) is 58.9 Å². The topological polar surface area (TPSA) is 3.24 Å². The summed E-state index contributed by atoms with van der Waals surface area (Å²) in [6, 6.07) is 0.636. The summed E-state index contributed by atoms with van der Waals surface area (Å²) < 4.78 is 0. The molecule has 2 heteroatoms. The highest BCUT2D eigenvalue weighted by Crippen LogP contribution is 2.27. The van der Waals surface area contributed by atoms with E-state index < -0.39 is 0 Å². The zero-order valence-corrected chi connectivity index (χ0v) is 12.0. The molecule has 1 nitrogen and oxygen atoms in total. The van der Waals surface area contributed by atoms with Gasteiger partial charge in [0.1, 0.15) is 0 Å². The Kier molecular flexibility index (Phi) is 6.75. The fraction of sp³-hybridized carbons (Fsp3) is 1.00. The van der Waals surface area contributed by atoms with Gasteiger partial charge in [-0.25, -0.2) is 0 Å². The van der Waals surface area contributed by atoms with Crippen LogP contribution in [0.15, 0.2) is 0 Å². The van der Waals surface area contributed by atoms with E-state index >= 15 is 0 Å². The Labute approximate surface area is 107 Å². The number of unbranched alkanes of at least 4 members (excludes halogenated alkanes) is 1. The van der Waals surface area contributed by atoms with E-state index in [0.29, 0.717) is 6.04 Å². The monoisotopic (exact) mass is 245 g/mol. The summed E-state index contributed by atoms with van der Waals surface area (Å²) in [7, 11) is 0. The first kappa shape index (κ1) is 14.3. The van der Waals surface area contributed by atoms with Crippen LogP contribution in [0.3, 0.4) is 0 Å². The van der Waals surface area contributed by atoms with Crippen LogP contribution in [-0.2, 0) is 0 Å². The van der Waals surface area contributed by atoms with Crippen LogP contribution in [0.4, 0.5) is 0 Å². The molecule has 0 bridgehead atoms. The van der Waals surface area contributed by atoms with Crippen LogP contribution in [0.1, 0.15) is 52.9 Å². The summed E-state index contributed by atoms with van der Waals surface area (Å²) in [6.07, 6.45) is 6.76. The lowest BCUT2D eigenvalue weighted by atomic mass is 9.98. The van der Waals surface area contributed by atoms with Gasteiger partial charge in [-0.15, -0.1) is 11.6 Å². The van der Waals surface area contributed by atoms with E-state index in [2.05, 4.69) is 25.7 Å². The molecular formula is C14H28ClN. The van der Waals surface area contributed by atoms with Crippen LogP contribution in [0.2, 0.25) is 0 Å². The standard InChI is InChI=1S/C14H28ClN/c1-4-6-7-13(5-2)11-16-9-8-12(3)14(16)10-15/h12-14H,4-11H2,1-3H3. The number of halogens is 1. The molecule has 0 aliphatic carbocycles. The summed E-state index contributed by atoms with van der Waals surface area (Å²) in [4.78, 5) is 2.64. The predicted octanol–water partition coefficient (Wildman–Crippen LogP) is 4.15. The number of hydrogen-bond acceptors (Lipinski definition) is 1. The molecule has 1 heterocycles. The molecule has 0 N–H and O–H groups in total. The Bertz CT molecular complexity index is 184. The van der Waals surface area contributed by atoms with E-state index in [4.69, 9.17) is 11.6 Å². The molecule has 3 unspecified atom stereocenters. The second-order valence-corrected chi connectivity index (χ2v) is 5.71. The van der Waals surface area contributed by atoms with E-state index in [9.17, 15) is 0 Å². The van der Waals surface area contributed by atoms with Crippen molar-refractivity contribution in [2.75, 3.05) is 19.0 Å². The first-order valence-corrected chi connectivity index (χ1v) is 7.56. The lowest BCUT2D eigenvalue weighted by Gasteiger charge is -2.28. The van der Waals surface area contributed by atoms with Gasteiger partial charge in [-0.2, -0.15) is 0 Å². The Morgan fingerprint density at radius 1 is 1.38 bits per heavy atom. The van der Waals surface area contributed by atoms with Crippen LogP contribution in [0.5, 0.6) is 0 Å². The summed E-state index contributed by atoms with van der Waals surface area (Å²) in [5.74, 6) is 2.49. The van der Waals surface area contributed by atoms with Gasteiger partial charge in [0.25, 0.3) is 0 Å². The molecule has 0 saturated carbocycles. The highest BCUT2D eigenvalue weighted by Gasteiger charge is 2.31. The average molecular weight is 246 g/mol. The van der Waals surface area contributed by atoms with Crippen LogP contribution in [0.25, 0.3) is 0 Å². The second-order valence-electron chi connectivity index (χ2n) is 5.40. The van der Waals surface area contributed by atoms with Crippen molar-refractivity contribution in [3.63, 3.8) is 0 Å². The molecule has 0 aromatic heterocycles. The molecule has 1 aliphatic heterocycles. The van der Waals surface area contributed by atoms with E-state index in [0.717, 1.165) is 17.7 Å². The first-order valence-electron chi connectivity index (χ1n) is 7.02. The van der Waals surface area contributed by atoms with E-state index in [1.54, 1.807) is 0 Å². The highest BCUT2D eigenvalue weighted by atomic mass is 35.5. The van der Waals surface area contributed by atoms with Crippen LogP contribution >= 0.6 is 11.6 Å². The number of rotatable bonds is 7. The number of nitrogens with zero attached hydrogens (tertiary/aromatic N) is 1. The summed E-state index contributed by atoms with van der Waals surface area (Å²) in [5.41, 5.74) is 0. The summed E-state index contributed by atoms with van der Waals surface area (Å²) >= 11 is 6.09. The van der Waals surface area contributed by atoms with Gasteiger partial charge in [0.15, 0.2) is 0 Å². The van der Waals surface area contributed by atoms with Crippen LogP contribution < -0.4 is 0 Å². The van der Waals surface area contributed by atoms with Crippen LogP contribution in [-0.4, -0.2) is 29.9 Å². The molecule has 0 aromatic carbocycles. The minimum absolute atomic E-state index is 0.636. The maximum atomic E-state index is 6.09. The van der Waals surface area contributed by atoms with Crippen molar-refractivity contribution in [2.24, 2.45) is 11.8 Å². The lowest BCUT2D eigenvalue weighted by molar-refractivity contribution is 0.202. The van der Waals surface area contributed by atoms with Crippen molar-refractivity contribution < 1.29 is 0 Å². The van der Waals surface area contributed by atoms with Crippen LogP contribution in [0, 0.1) is 11.8 Å². The molecule has 16 heavy (non-hydrogen) atoms. The number of likely N-dealkylation sites (tertiary alicyclic amines) is 1. The van der Waals surface area contributed by atoms with Crippen molar-refractivity contribution >= 4 is 11.6 Å². The second kappa shape index (κ2) is 7.55. The Morgan fingerprint density at radius 3 is 2.69 bits per heavy atom. The number of alkyl halides is 1. The minimum atomic E-state index is 0.636. The molecule has 1 rings (SSSR count). The summed E-state index contributed by atoms with van der Waals surface area (Å²) in [5, 5.41) is 0. The normalized spacial score (nSPS) is 28.5. The van der Waals surface area contributed by atoms with E-state index in [1.807, 2.05) is 0 Å². The molecule has 0 amide bonds. The van der Waals surface area contributed by atoms with E-state index in [-0.39, 0.29) is 0 Å². The van der Waals surface area contributed by atoms with Crippen molar-refractivity contribution in [3.8, 4) is 0 Å². The molecule has 3 atom stereocenters. The third-order valence-corrected chi connectivity index (χ3v) is 4.51. The zero-order valence-electron chi connectivity index (χ0n) is 11.2. The fourth-order valence-electron chi connectivity index (χ4n) is 2.81. The van der Waals surface area contributed by atoms with Gasteiger partial charge in [0.2, 0.25) is 0 Å². The van der Waals surface area contributed by atoms with E-state index in [1.165, 1.54) is 45.2 Å². The minimum Gasteiger partial charge on any atom is -0.299 e. The highest BCUT2D eigenvalue weighted by molar-refractivity contribution is 6.18. The van der Waals surface area contributed by atoms with Gasteiger partial charge in [-0.3, -0.25) is 4.90 Å². The smallest absolute Gasteiger partial charge is 0.0382 e. The van der Waals surface area contributed by atoms with Crippen molar-refractivity contribution in [1.82, 2.24) is 4.90 Å². The molecular weight excluding hydrogens is 218 g/mol. The Balaban J connectivity index is 2.38. The largest absolute Gasteiger partial charge is 0.299 e. The SMILES string of the molecule is CCCCC(CC)CN1CCC(C)C1CCl. The molecule has 0 spiro atoms. The Hall–Kier alpha value is 0.250. The maximum Gasteiger partial charge on any atom is 0.0382 e. The van der Waals surface area contributed by atoms with Crippen molar-refractivity contribution in [3.05, 3.63) is 0 Å². The maximum absolute atomic E-state index is 6.09. The van der Waals surface area contributed by atoms with Gasteiger partial charge in [0, 0.05) is 18.5 Å². The molecule has 0 radical (unpaired) electrons. The van der Waals surface area contributed by atoms with Gasteiger partial charge in [-0.1, -0.05) is 40.0 Å². The van der Waals surface area contributed by atoms with Gasteiger partial charge >= 0.3 is 0 Å². The third-order valence-electron chi connectivity index (χ3n) is 4.19. The molecule has 1 saturated heterocycles. The number of hydrogen-bond donors (Lipinski definition) is 0. The third kappa shape index (κ3) is 3.92. The molecule has 96 valence electrons. The zero-order chi connectivity index (χ0) is 12.0. The molecule has 0 aromatic rings. The molecule has 1 aliphatic rings. The van der Waals surface area contributed by atoms with Crippen molar-refractivity contribution in [1.29, 1.82) is 0 Å². The summed E-state index contributed by atoms with van der Waals surface area (Å²) in [6.45, 7) is 9.50.